The van der Waals surface area contributed by atoms with Crippen LogP contribution in [0.15, 0.2) is 36.5 Å². The molecular weight excluding hydrogens is 262 g/mol. The van der Waals surface area contributed by atoms with Crippen LogP contribution in [0.1, 0.15) is 24.1 Å². The monoisotopic (exact) mass is 275 g/mol. The minimum absolute atomic E-state index is 0.0596. The number of carbonyl (C=O) groups excluding carboxylic acids is 1. The Morgan fingerprint density at radius 2 is 2.26 bits per heavy atom. The number of amides is 1. The van der Waals surface area contributed by atoms with E-state index < -0.39 is 0 Å². The van der Waals surface area contributed by atoms with Gasteiger partial charge in [-0.1, -0.05) is 23.7 Å². The second-order valence-corrected chi connectivity index (χ2v) is 5.29. The molecule has 2 aromatic rings. The van der Waals surface area contributed by atoms with Crippen LogP contribution in [0.2, 0.25) is 5.02 Å². The molecule has 1 fully saturated rings. The largest absolute Gasteiger partial charge is 0.350 e. The van der Waals surface area contributed by atoms with E-state index in [1.54, 1.807) is 6.20 Å². The molecule has 0 aliphatic heterocycles. The van der Waals surface area contributed by atoms with Gasteiger partial charge in [0, 0.05) is 11.2 Å². The summed E-state index contributed by atoms with van der Waals surface area (Å²) in [5.41, 5.74) is 1.52. The molecule has 1 amide bonds. The first kappa shape index (κ1) is 12.2. The van der Waals surface area contributed by atoms with Crippen molar-refractivity contribution < 1.29 is 4.79 Å². The van der Waals surface area contributed by atoms with Gasteiger partial charge in [0.15, 0.2) is 0 Å². The molecule has 4 nitrogen and oxygen atoms in total. The second-order valence-electron chi connectivity index (χ2n) is 4.86. The van der Waals surface area contributed by atoms with Crippen LogP contribution in [-0.2, 0) is 16.8 Å². The number of aromatic amines is 1. The molecule has 1 aliphatic rings. The van der Waals surface area contributed by atoms with Gasteiger partial charge in [0.05, 0.1) is 17.7 Å². The summed E-state index contributed by atoms with van der Waals surface area (Å²) in [7, 11) is 0. The number of H-pyrrole nitrogens is 1. The van der Waals surface area contributed by atoms with E-state index in [1.165, 1.54) is 0 Å². The lowest BCUT2D eigenvalue weighted by atomic mass is 9.95. The van der Waals surface area contributed by atoms with Crippen LogP contribution in [-0.4, -0.2) is 16.1 Å². The van der Waals surface area contributed by atoms with Crippen LogP contribution in [0.25, 0.3) is 0 Å². The quantitative estimate of drug-likeness (QED) is 0.900. The molecule has 0 spiro atoms. The Kier molecular flexibility index (Phi) is 3.03. The van der Waals surface area contributed by atoms with Crippen molar-refractivity contribution in [3.8, 4) is 0 Å². The maximum atomic E-state index is 12.3. The van der Waals surface area contributed by atoms with Crippen LogP contribution in [0.3, 0.4) is 0 Å². The van der Waals surface area contributed by atoms with Gasteiger partial charge >= 0.3 is 0 Å². The second kappa shape index (κ2) is 4.70. The maximum Gasteiger partial charge on any atom is 0.230 e. The molecule has 19 heavy (non-hydrogen) atoms. The Morgan fingerprint density at radius 1 is 1.42 bits per heavy atom. The summed E-state index contributed by atoms with van der Waals surface area (Å²) in [4.78, 5) is 12.3. The molecular formula is C14H14ClN3O. The summed E-state index contributed by atoms with van der Waals surface area (Å²) in [6.07, 6.45) is 3.43. The average Bonchev–Trinajstić information content (AvgIpc) is 3.06. The topological polar surface area (TPSA) is 57.8 Å². The van der Waals surface area contributed by atoms with Gasteiger partial charge in [-0.3, -0.25) is 9.89 Å². The Bertz CT molecular complexity index is 590. The number of carbonyl (C=O) groups is 1. The van der Waals surface area contributed by atoms with E-state index in [0.717, 1.165) is 24.1 Å². The Labute approximate surface area is 116 Å². The maximum absolute atomic E-state index is 12.3. The van der Waals surface area contributed by atoms with Crippen molar-refractivity contribution in [2.45, 2.75) is 24.8 Å². The summed E-state index contributed by atoms with van der Waals surface area (Å²) in [6, 6.07) is 9.40. The van der Waals surface area contributed by atoms with Crippen molar-refractivity contribution in [2.24, 2.45) is 0 Å². The number of nitrogens with one attached hydrogen (secondary N) is 2. The van der Waals surface area contributed by atoms with E-state index in [2.05, 4.69) is 15.5 Å². The summed E-state index contributed by atoms with van der Waals surface area (Å²) >= 11 is 6.00. The average molecular weight is 276 g/mol. The number of hydrogen-bond acceptors (Lipinski definition) is 2. The third-order valence-corrected chi connectivity index (χ3v) is 3.79. The van der Waals surface area contributed by atoms with Crippen molar-refractivity contribution in [3.63, 3.8) is 0 Å². The van der Waals surface area contributed by atoms with Crippen molar-refractivity contribution in [2.75, 3.05) is 0 Å². The highest BCUT2D eigenvalue weighted by Crippen LogP contribution is 2.48. The summed E-state index contributed by atoms with van der Waals surface area (Å²) in [5.74, 6) is 0.0596. The molecule has 0 bridgehead atoms. The molecule has 2 N–H and O–H groups in total. The highest BCUT2D eigenvalue weighted by Gasteiger charge is 2.51. The van der Waals surface area contributed by atoms with Crippen LogP contribution < -0.4 is 5.32 Å². The Balaban J connectivity index is 1.72. The van der Waals surface area contributed by atoms with E-state index in [-0.39, 0.29) is 11.3 Å². The van der Waals surface area contributed by atoms with E-state index in [0.29, 0.717) is 11.6 Å². The zero-order valence-electron chi connectivity index (χ0n) is 10.3. The van der Waals surface area contributed by atoms with Crippen LogP contribution in [0.5, 0.6) is 0 Å². The van der Waals surface area contributed by atoms with E-state index in [1.807, 2.05) is 30.3 Å². The predicted molar refractivity (Wildman–Crippen MR) is 72.8 cm³/mol. The molecule has 0 atom stereocenters. The van der Waals surface area contributed by atoms with Gasteiger partial charge in [-0.25, -0.2) is 0 Å². The molecule has 3 rings (SSSR count). The first-order chi connectivity index (χ1) is 9.21. The molecule has 0 radical (unpaired) electrons. The summed E-state index contributed by atoms with van der Waals surface area (Å²) in [6.45, 7) is 0.473. The Morgan fingerprint density at radius 3 is 2.89 bits per heavy atom. The van der Waals surface area contributed by atoms with Gasteiger partial charge in [-0.15, -0.1) is 0 Å². The zero-order chi connectivity index (χ0) is 13.3. The van der Waals surface area contributed by atoms with Crippen LogP contribution in [0.4, 0.5) is 0 Å². The molecule has 1 heterocycles. The Hall–Kier alpha value is -1.81. The molecule has 1 aromatic carbocycles. The number of aromatic nitrogens is 2. The lowest BCUT2D eigenvalue weighted by Crippen LogP contribution is -2.34. The van der Waals surface area contributed by atoms with Crippen LogP contribution in [0, 0.1) is 0 Å². The fourth-order valence-electron chi connectivity index (χ4n) is 2.29. The normalized spacial score (nSPS) is 16.1. The van der Waals surface area contributed by atoms with Gasteiger partial charge in [-0.05, 0) is 36.6 Å². The van der Waals surface area contributed by atoms with E-state index in [4.69, 9.17) is 11.6 Å². The minimum Gasteiger partial charge on any atom is -0.350 e. The first-order valence-corrected chi connectivity index (χ1v) is 6.61. The highest BCUT2D eigenvalue weighted by atomic mass is 35.5. The lowest BCUT2D eigenvalue weighted by molar-refractivity contribution is -0.123. The molecule has 98 valence electrons. The third kappa shape index (κ3) is 2.36. The fourth-order valence-corrected chi connectivity index (χ4v) is 2.48. The third-order valence-electron chi connectivity index (χ3n) is 3.56. The highest BCUT2D eigenvalue weighted by molar-refractivity contribution is 6.30. The van der Waals surface area contributed by atoms with Gasteiger partial charge in [-0.2, -0.15) is 5.10 Å². The van der Waals surface area contributed by atoms with E-state index in [9.17, 15) is 4.79 Å². The van der Waals surface area contributed by atoms with Crippen molar-refractivity contribution in [3.05, 3.63) is 52.8 Å². The molecule has 5 heteroatoms. The van der Waals surface area contributed by atoms with Gasteiger partial charge in [0.2, 0.25) is 5.91 Å². The van der Waals surface area contributed by atoms with Gasteiger partial charge in [0.1, 0.15) is 0 Å². The van der Waals surface area contributed by atoms with Crippen molar-refractivity contribution in [1.29, 1.82) is 0 Å². The predicted octanol–water partition coefficient (Wildman–Crippen LogP) is 2.41. The van der Waals surface area contributed by atoms with E-state index >= 15 is 0 Å². The zero-order valence-corrected chi connectivity index (χ0v) is 11.1. The van der Waals surface area contributed by atoms with Crippen LogP contribution >= 0.6 is 11.6 Å². The fraction of sp³-hybridized carbons (Fsp3) is 0.286. The summed E-state index contributed by atoms with van der Waals surface area (Å²) in [5, 5.41) is 10.3. The first-order valence-electron chi connectivity index (χ1n) is 6.23. The lowest BCUT2D eigenvalue weighted by Gasteiger charge is -2.15. The molecule has 1 saturated carbocycles. The minimum atomic E-state index is -0.384. The number of halogens is 1. The number of benzene rings is 1. The number of hydrogen-bond donors (Lipinski definition) is 2. The summed E-state index contributed by atoms with van der Waals surface area (Å²) < 4.78 is 0. The van der Waals surface area contributed by atoms with Crippen molar-refractivity contribution >= 4 is 17.5 Å². The molecule has 1 aliphatic carbocycles. The molecule has 0 saturated heterocycles. The van der Waals surface area contributed by atoms with Crippen molar-refractivity contribution in [1.82, 2.24) is 15.5 Å². The standard InChI is InChI=1S/C14H14ClN3O/c15-11-3-1-2-10(8-11)14(5-6-14)13(19)16-9-12-4-7-17-18-12/h1-4,7-8H,5-6,9H2,(H,16,19)(H,17,18). The molecule has 0 unspecified atom stereocenters. The molecule has 1 aromatic heterocycles. The SMILES string of the molecule is O=C(NCc1ccn[nH]1)C1(c2cccc(Cl)c2)CC1. The number of rotatable bonds is 4. The van der Waals surface area contributed by atoms with Gasteiger partial charge < -0.3 is 5.32 Å². The van der Waals surface area contributed by atoms with Gasteiger partial charge in [0.25, 0.3) is 0 Å². The smallest absolute Gasteiger partial charge is 0.230 e. The number of nitrogens with zero attached hydrogens (tertiary/aromatic N) is 1.